The Labute approximate surface area is 195 Å². The zero-order valence-corrected chi connectivity index (χ0v) is 18.9. The number of carboxylic acids is 1. The summed E-state index contributed by atoms with van der Waals surface area (Å²) in [6.45, 7) is 2.14. The molecule has 4 aromatic rings. The summed E-state index contributed by atoms with van der Waals surface area (Å²) < 4.78 is 0. The molecule has 1 heterocycles. The average molecular weight is 462 g/mol. The SMILES string of the molecule is Cc1ccc(C(=O)N(Cc2cccc(Cl)c2)c2cc(-c3ccccc3)sc2C(=O)O)cc1. The van der Waals surface area contributed by atoms with Crippen LogP contribution in [0.3, 0.4) is 0 Å². The Morgan fingerprint density at radius 2 is 1.66 bits per heavy atom. The summed E-state index contributed by atoms with van der Waals surface area (Å²) in [6.07, 6.45) is 0. The third-order valence-electron chi connectivity index (χ3n) is 5.03. The third-order valence-corrected chi connectivity index (χ3v) is 6.43. The predicted octanol–water partition coefficient (Wildman–Crippen LogP) is 6.92. The lowest BCUT2D eigenvalue weighted by Crippen LogP contribution is -2.31. The van der Waals surface area contributed by atoms with E-state index in [0.29, 0.717) is 16.3 Å². The number of hydrogen-bond acceptors (Lipinski definition) is 3. The van der Waals surface area contributed by atoms with Crippen LogP contribution in [0, 0.1) is 6.92 Å². The van der Waals surface area contributed by atoms with Crippen molar-refractivity contribution < 1.29 is 14.7 Å². The van der Waals surface area contributed by atoms with E-state index < -0.39 is 5.97 Å². The van der Waals surface area contributed by atoms with E-state index in [1.165, 1.54) is 4.90 Å². The summed E-state index contributed by atoms with van der Waals surface area (Å²) in [5.41, 5.74) is 3.60. The standard InChI is InChI=1S/C26H20ClNO3S/c1-17-10-12-20(13-11-17)25(29)28(16-18-6-5-9-21(27)14-18)22-15-23(32-24(22)26(30)31)19-7-3-2-4-8-19/h2-15H,16H2,1H3,(H,30,31). The average Bonchev–Trinajstić information content (AvgIpc) is 3.24. The van der Waals surface area contributed by atoms with Crippen molar-refractivity contribution in [3.8, 4) is 10.4 Å². The van der Waals surface area contributed by atoms with Crippen LogP contribution in [0.25, 0.3) is 10.4 Å². The Kier molecular flexibility index (Phi) is 6.40. The fraction of sp³-hybridized carbons (Fsp3) is 0.0769. The van der Waals surface area contributed by atoms with Gasteiger partial charge in [-0.1, -0.05) is 71.8 Å². The van der Waals surface area contributed by atoms with E-state index in [9.17, 15) is 14.7 Å². The predicted molar refractivity (Wildman–Crippen MR) is 130 cm³/mol. The van der Waals surface area contributed by atoms with Gasteiger partial charge in [0.15, 0.2) is 0 Å². The zero-order chi connectivity index (χ0) is 22.7. The summed E-state index contributed by atoms with van der Waals surface area (Å²) in [6, 6.07) is 25.8. The first-order valence-electron chi connectivity index (χ1n) is 9.98. The number of thiophene rings is 1. The van der Waals surface area contributed by atoms with Crippen LogP contribution in [0.2, 0.25) is 5.02 Å². The molecular weight excluding hydrogens is 442 g/mol. The molecule has 0 unspecified atom stereocenters. The van der Waals surface area contributed by atoms with E-state index >= 15 is 0 Å². The minimum atomic E-state index is -1.07. The Morgan fingerprint density at radius 3 is 2.31 bits per heavy atom. The number of hydrogen-bond donors (Lipinski definition) is 1. The Balaban J connectivity index is 1.83. The van der Waals surface area contributed by atoms with Crippen molar-refractivity contribution in [2.75, 3.05) is 4.90 Å². The molecule has 0 radical (unpaired) electrons. The summed E-state index contributed by atoms with van der Waals surface area (Å²) in [5.74, 6) is -1.34. The number of carbonyl (C=O) groups excluding carboxylic acids is 1. The Hall–Kier alpha value is -3.41. The van der Waals surface area contributed by atoms with E-state index in [4.69, 9.17) is 11.6 Å². The number of benzene rings is 3. The van der Waals surface area contributed by atoms with Crippen LogP contribution >= 0.6 is 22.9 Å². The highest BCUT2D eigenvalue weighted by Crippen LogP contribution is 2.38. The third kappa shape index (κ3) is 4.74. The maximum Gasteiger partial charge on any atom is 0.348 e. The van der Waals surface area contributed by atoms with Gasteiger partial charge in [-0.25, -0.2) is 4.79 Å². The lowest BCUT2D eigenvalue weighted by molar-refractivity contribution is 0.0703. The number of nitrogens with zero attached hydrogens (tertiary/aromatic N) is 1. The second-order valence-corrected chi connectivity index (χ2v) is 8.87. The van der Waals surface area contributed by atoms with E-state index in [-0.39, 0.29) is 17.3 Å². The molecule has 160 valence electrons. The molecule has 0 spiro atoms. The van der Waals surface area contributed by atoms with E-state index in [2.05, 4.69) is 0 Å². The largest absolute Gasteiger partial charge is 0.477 e. The molecule has 1 aromatic heterocycles. The van der Waals surface area contributed by atoms with Crippen LogP contribution in [0.4, 0.5) is 5.69 Å². The van der Waals surface area contributed by atoms with Gasteiger partial charge in [-0.15, -0.1) is 11.3 Å². The van der Waals surface area contributed by atoms with Crippen molar-refractivity contribution in [1.82, 2.24) is 0 Å². The van der Waals surface area contributed by atoms with Crippen LogP contribution in [-0.2, 0) is 6.54 Å². The van der Waals surface area contributed by atoms with Crippen molar-refractivity contribution in [3.63, 3.8) is 0 Å². The highest BCUT2D eigenvalue weighted by atomic mass is 35.5. The molecule has 1 N–H and O–H groups in total. The van der Waals surface area contributed by atoms with E-state index in [1.807, 2.05) is 61.5 Å². The minimum absolute atomic E-state index is 0.117. The molecule has 0 aliphatic carbocycles. The monoisotopic (exact) mass is 461 g/mol. The smallest absolute Gasteiger partial charge is 0.348 e. The zero-order valence-electron chi connectivity index (χ0n) is 17.3. The summed E-state index contributed by atoms with van der Waals surface area (Å²) >= 11 is 7.32. The number of anilines is 1. The van der Waals surface area contributed by atoms with Crippen LogP contribution in [0.1, 0.15) is 31.2 Å². The van der Waals surface area contributed by atoms with Gasteiger partial charge in [-0.3, -0.25) is 4.79 Å². The number of carbonyl (C=O) groups is 2. The molecule has 0 saturated carbocycles. The number of carboxylic acid groups (broad SMARTS) is 1. The molecule has 0 saturated heterocycles. The summed E-state index contributed by atoms with van der Waals surface area (Å²) in [4.78, 5) is 28.1. The molecular formula is C26H20ClNO3S. The molecule has 4 rings (SSSR count). The molecule has 32 heavy (non-hydrogen) atoms. The lowest BCUT2D eigenvalue weighted by atomic mass is 10.1. The highest BCUT2D eigenvalue weighted by molar-refractivity contribution is 7.18. The lowest BCUT2D eigenvalue weighted by Gasteiger charge is -2.23. The molecule has 0 fully saturated rings. The van der Waals surface area contributed by atoms with Crippen LogP contribution in [0.15, 0.2) is 84.9 Å². The second-order valence-electron chi connectivity index (χ2n) is 7.38. The van der Waals surface area contributed by atoms with Crippen molar-refractivity contribution in [2.45, 2.75) is 13.5 Å². The number of halogens is 1. The van der Waals surface area contributed by atoms with Crippen LogP contribution in [-0.4, -0.2) is 17.0 Å². The Bertz CT molecular complexity index is 1270. The molecule has 0 bridgehead atoms. The minimum Gasteiger partial charge on any atom is -0.477 e. The van der Waals surface area contributed by atoms with Gasteiger partial charge in [0.1, 0.15) is 4.88 Å². The first-order chi connectivity index (χ1) is 15.4. The number of rotatable bonds is 6. The van der Waals surface area contributed by atoms with Gasteiger partial charge in [0.25, 0.3) is 5.91 Å². The molecule has 3 aromatic carbocycles. The Morgan fingerprint density at radius 1 is 0.938 bits per heavy atom. The van der Waals surface area contributed by atoms with Crippen LogP contribution < -0.4 is 4.90 Å². The fourth-order valence-corrected chi connectivity index (χ4v) is 4.63. The molecule has 0 atom stereocenters. The van der Waals surface area contributed by atoms with Gasteiger partial charge in [-0.05, 0) is 48.4 Å². The van der Waals surface area contributed by atoms with Crippen molar-refractivity contribution in [1.29, 1.82) is 0 Å². The van der Waals surface area contributed by atoms with E-state index in [1.54, 1.807) is 30.3 Å². The van der Waals surface area contributed by atoms with Gasteiger partial charge < -0.3 is 10.0 Å². The first-order valence-corrected chi connectivity index (χ1v) is 11.2. The molecule has 6 heteroatoms. The quantitative estimate of drug-likeness (QED) is 0.339. The molecule has 4 nitrogen and oxygen atoms in total. The topological polar surface area (TPSA) is 57.6 Å². The van der Waals surface area contributed by atoms with Gasteiger partial charge in [0.05, 0.1) is 12.2 Å². The van der Waals surface area contributed by atoms with Gasteiger partial charge in [0, 0.05) is 15.5 Å². The molecule has 0 aliphatic heterocycles. The summed E-state index contributed by atoms with van der Waals surface area (Å²) in [5, 5.41) is 10.5. The molecule has 1 amide bonds. The highest BCUT2D eigenvalue weighted by Gasteiger charge is 2.26. The second kappa shape index (κ2) is 9.39. The van der Waals surface area contributed by atoms with Crippen LogP contribution in [0.5, 0.6) is 0 Å². The number of aryl methyl sites for hydroxylation is 1. The molecule has 0 aliphatic rings. The van der Waals surface area contributed by atoms with Gasteiger partial charge in [0.2, 0.25) is 0 Å². The van der Waals surface area contributed by atoms with Gasteiger partial charge >= 0.3 is 5.97 Å². The van der Waals surface area contributed by atoms with Crippen molar-refractivity contribution in [3.05, 3.63) is 112 Å². The normalized spacial score (nSPS) is 10.7. The maximum atomic E-state index is 13.6. The maximum absolute atomic E-state index is 13.6. The van der Waals surface area contributed by atoms with Crippen molar-refractivity contribution in [2.24, 2.45) is 0 Å². The number of amides is 1. The fourth-order valence-electron chi connectivity index (χ4n) is 3.42. The number of aromatic carboxylic acids is 1. The van der Waals surface area contributed by atoms with Gasteiger partial charge in [-0.2, -0.15) is 0 Å². The van der Waals surface area contributed by atoms with E-state index in [0.717, 1.165) is 32.9 Å². The summed E-state index contributed by atoms with van der Waals surface area (Å²) in [7, 11) is 0. The van der Waals surface area contributed by atoms with Crippen molar-refractivity contribution >= 4 is 40.5 Å². The first kappa shape index (κ1) is 21.8.